The van der Waals surface area contributed by atoms with Gasteiger partial charge in [0.15, 0.2) is 0 Å². The number of fused-ring (bicyclic) bond motifs is 1. The normalized spacial score (nSPS) is 13.4. The van der Waals surface area contributed by atoms with Crippen molar-refractivity contribution in [2.75, 3.05) is 5.32 Å². The average molecular weight is 323 g/mol. The number of carbonyl (C=O) groups is 1. The Morgan fingerprint density at radius 3 is 3.06 bits per heavy atom. The summed E-state index contributed by atoms with van der Waals surface area (Å²) in [7, 11) is 0. The molecule has 0 saturated heterocycles. The molecule has 92 valence electrons. The summed E-state index contributed by atoms with van der Waals surface area (Å²) in [5, 5.41) is 2.82. The molecule has 2 aromatic heterocycles. The average Bonchev–Trinajstić information content (AvgIpc) is 2.88. The van der Waals surface area contributed by atoms with Crippen LogP contribution in [-0.2, 0) is 12.8 Å². The van der Waals surface area contributed by atoms with Gasteiger partial charge in [-0.3, -0.25) is 4.79 Å². The van der Waals surface area contributed by atoms with Gasteiger partial charge in [0, 0.05) is 4.88 Å². The fourth-order valence-electron chi connectivity index (χ4n) is 2.10. The first-order chi connectivity index (χ1) is 8.72. The van der Waals surface area contributed by atoms with E-state index < -0.39 is 0 Å². The highest BCUT2D eigenvalue weighted by Gasteiger charge is 2.18. The molecular weight excluding hydrogens is 312 g/mol. The number of aromatic nitrogens is 1. The number of hydrogen-bond acceptors (Lipinski definition) is 3. The summed E-state index contributed by atoms with van der Waals surface area (Å²) in [5.41, 5.74) is 1.34. The van der Waals surface area contributed by atoms with Gasteiger partial charge in [-0.15, -0.1) is 11.3 Å². The predicted molar refractivity (Wildman–Crippen MR) is 76.2 cm³/mol. The fraction of sp³-hybridized carbons (Fsp3) is 0.231. The van der Waals surface area contributed by atoms with E-state index in [1.165, 1.54) is 16.9 Å². The molecular formula is C13H11BrN2OS. The Morgan fingerprint density at radius 2 is 2.28 bits per heavy atom. The van der Waals surface area contributed by atoms with E-state index in [0.29, 0.717) is 10.4 Å². The summed E-state index contributed by atoms with van der Waals surface area (Å²) < 4.78 is 0.717. The maximum absolute atomic E-state index is 12.1. The van der Waals surface area contributed by atoms with Gasteiger partial charge in [-0.25, -0.2) is 4.98 Å². The molecule has 0 bridgehead atoms. The summed E-state index contributed by atoms with van der Waals surface area (Å²) >= 11 is 4.89. The number of nitrogens with one attached hydrogen (secondary N) is 1. The highest BCUT2D eigenvalue weighted by molar-refractivity contribution is 9.10. The number of amides is 1. The van der Waals surface area contributed by atoms with Crippen molar-refractivity contribution >= 4 is 39.0 Å². The second-order valence-corrected chi connectivity index (χ2v) is 6.16. The molecule has 5 heteroatoms. The Kier molecular flexibility index (Phi) is 3.18. The topological polar surface area (TPSA) is 42.0 Å². The van der Waals surface area contributed by atoms with Crippen molar-refractivity contribution < 1.29 is 4.79 Å². The molecule has 1 aliphatic rings. The minimum atomic E-state index is -0.0694. The van der Waals surface area contributed by atoms with Crippen LogP contribution in [0.1, 0.15) is 26.5 Å². The summed E-state index contributed by atoms with van der Waals surface area (Å²) in [4.78, 5) is 18.4. The Bertz CT molecular complexity index is 587. The number of aryl methyl sites for hydroxylation is 2. The number of halogens is 1. The first kappa shape index (κ1) is 11.9. The van der Waals surface area contributed by atoms with E-state index in [2.05, 4.69) is 26.2 Å². The maximum Gasteiger partial charge on any atom is 0.266 e. The number of nitrogens with zero attached hydrogens (tertiary/aromatic N) is 1. The fourth-order valence-corrected chi connectivity index (χ4v) is 3.59. The van der Waals surface area contributed by atoms with Gasteiger partial charge >= 0.3 is 0 Å². The van der Waals surface area contributed by atoms with E-state index in [9.17, 15) is 4.79 Å². The number of carbonyl (C=O) groups excluding carboxylic acids is 1. The molecule has 0 radical (unpaired) electrons. The quantitative estimate of drug-likeness (QED) is 0.857. The summed E-state index contributed by atoms with van der Waals surface area (Å²) in [5.74, 6) is 0.503. The number of rotatable bonds is 2. The molecule has 0 aromatic carbocycles. The summed E-state index contributed by atoms with van der Waals surface area (Å²) in [6, 6.07) is 7.47. The van der Waals surface area contributed by atoms with Crippen LogP contribution in [0.25, 0.3) is 0 Å². The molecule has 1 aliphatic carbocycles. The molecule has 1 amide bonds. The molecule has 3 nitrogen and oxygen atoms in total. The van der Waals surface area contributed by atoms with Crippen molar-refractivity contribution in [3.05, 3.63) is 44.2 Å². The van der Waals surface area contributed by atoms with Gasteiger partial charge in [0.1, 0.15) is 10.4 Å². The Morgan fingerprint density at radius 1 is 1.39 bits per heavy atom. The van der Waals surface area contributed by atoms with E-state index in [4.69, 9.17) is 0 Å². The predicted octanol–water partition coefficient (Wildman–Crippen LogP) is 3.65. The molecule has 0 atom stereocenters. The standard InChI is InChI=1S/C13H11BrN2OS/c14-11-5-2-6-12(15-11)16-13(17)10-7-8-3-1-4-9(8)18-10/h2,5-7H,1,3-4H2,(H,15,16,17). The number of hydrogen-bond donors (Lipinski definition) is 1. The van der Waals surface area contributed by atoms with Crippen LogP contribution in [0.15, 0.2) is 28.9 Å². The zero-order chi connectivity index (χ0) is 12.5. The highest BCUT2D eigenvalue weighted by atomic mass is 79.9. The lowest BCUT2D eigenvalue weighted by Crippen LogP contribution is -2.11. The van der Waals surface area contributed by atoms with Crippen LogP contribution in [-0.4, -0.2) is 10.9 Å². The van der Waals surface area contributed by atoms with Gasteiger partial charge in [0.25, 0.3) is 5.91 Å². The molecule has 0 unspecified atom stereocenters. The second-order valence-electron chi connectivity index (χ2n) is 4.21. The van der Waals surface area contributed by atoms with Gasteiger partial charge in [-0.2, -0.15) is 0 Å². The van der Waals surface area contributed by atoms with Gasteiger partial charge in [-0.1, -0.05) is 6.07 Å². The van der Waals surface area contributed by atoms with E-state index in [-0.39, 0.29) is 5.91 Å². The third-order valence-corrected chi connectivity index (χ3v) is 4.60. The van der Waals surface area contributed by atoms with Crippen molar-refractivity contribution in [3.8, 4) is 0 Å². The van der Waals surface area contributed by atoms with Crippen LogP contribution in [0.5, 0.6) is 0 Å². The largest absolute Gasteiger partial charge is 0.306 e. The van der Waals surface area contributed by atoms with Gasteiger partial charge < -0.3 is 5.32 Å². The van der Waals surface area contributed by atoms with E-state index in [0.717, 1.165) is 17.7 Å². The Hall–Kier alpha value is -1.20. The Balaban J connectivity index is 1.78. The van der Waals surface area contributed by atoms with Crippen LogP contribution < -0.4 is 5.32 Å². The molecule has 18 heavy (non-hydrogen) atoms. The first-order valence-corrected chi connectivity index (χ1v) is 7.39. The van der Waals surface area contributed by atoms with Crippen molar-refractivity contribution in [2.45, 2.75) is 19.3 Å². The van der Waals surface area contributed by atoms with E-state index >= 15 is 0 Å². The van der Waals surface area contributed by atoms with E-state index in [1.54, 1.807) is 17.4 Å². The van der Waals surface area contributed by atoms with Gasteiger partial charge in [0.05, 0.1) is 4.88 Å². The first-order valence-electron chi connectivity index (χ1n) is 5.78. The van der Waals surface area contributed by atoms with Crippen molar-refractivity contribution in [1.82, 2.24) is 4.98 Å². The van der Waals surface area contributed by atoms with Gasteiger partial charge in [0.2, 0.25) is 0 Å². The Labute approximate surface area is 117 Å². The summed E-state index contributed by atoms with van der Waals surface area (Å²) in [6.07, 6.45) is 3.44. The lowest BCUT2D eigenvalue weighted by molar-refractivity contribution is 0.103. The minimum absolute atomic E-state index is 0.0694. The summed E-state index contributed by atoms with van der Waals surface area (Å²) in [6.45, 7) is 0. The molecule has 0 fully saturated rings. The monoisotopic (exact) mass is 322 g/mol. The van der Waals surface area contributed by atoms with Gasteiger partial charge in [-0.05, 0) is 59.0 Å². The highest BCUT2D eigenvalue weighted by Crippen LogP contribution is 2.30. The molecule has 2 aromatic rings. The van der Waals surface area contributed by atoms with Crippen molar-refractivity contribution in [2.24, 2.45) is 0 Å². The SMILES string of the molecule is O=C(Nc1cccc(Br)n1)c1cc2c(s1)CCC2. The zero-order valence-electron chi connectivity index (χ0n) is 9.57. The number of pyridine rings is 1. The molecule has 2 heterocycles. The van der Waals surface area contributed by atoms with Crippen LogP contribution >= 0.6 is 27.3 Å². The van der Waals surface area contributed by atoms with Crippen LogP contribution in [0, 0.1) is 0 Å². The second kappa shape index (κ2) is 4.82. The smallest absolute Gasteiger partial charge is 0.266 e. The van der Waals surface area contributed by atoms with Crippen molar-refractivity contribution in [1.29, 1.82) is 0 Å². The van der Waals surface area contributed by atoms with Crippen LogP contribution in [0.3, 0.4) is 0 Å². The maximum atomic E-state index is 12.1. The third-order valence-electron chi connectivity index (χ3n) is 2.93. The lowest BCUT2D eigenvalue weighted by atomic mass is 10.2. The van der Waals surface area contributed by atoms with E-state index in [1.807, 2.05) is 18.2 Å². The number of anilines is 1. The molecule has 3 rings (SSSR count). The zero-order valence-corrected chi connectivity index (χ0v) is 12.0. The minimum Gasteiger partial charge on any atom is -0.306 e. The number of thiophene rings is 1. The molecule has 0 aliphatic heterocycles. The van der Waals surface area contributed by atoms with Crippen LogP contribution in [0.2, 0.25) is 0 Å². The van der Waals surface area contributed by atoms with Crippen molar-refractivity contribution in [3.63, 3.8) is 0 Å². The third kappa shape index (κ3) is 2.33. The molecule has 0 saturated carbocycles. The van der Waals surface area contributed by atoms with Crippen LogP contribution in [0.4, 0.5) is 5.82 Å². The molecule has 1 N–H and O–H groups in total. The lowest BCUT2D eigenvalue weighted by Gasteiger charge is -2.02. The molecule has 0 spiro atoms.